The van der Waals surface area contributed by atoms with Crippen molar-refractivity contribution in [1.82, 2.24) is 10.2 Å². The van der Waals surface area contributed by atoms with Crippen LogP contribution in [0.15, 0.2) is 60.7 Å². The Labute approximate surface area is 183 Å². The maximum atomic E-state index is 12.5. The van der Waals surface area contributed by atoms with Crippen molar-refractivity contribution in [3.8, 4) is 5.75 Å². The second-order valence-electron chi connectivity index (χ2n) is 8.45. The van der Waals surface area contributed by atoms with E-state index in [2.05, 4.69) is 5.32 Å². The maximum Gasteiger partial charge on any atom is 0.260 e. The highest BCUT2D eigenvalue weighted by Crippen LogP contribution is 2.37. The quantitative estimate of drug-likeness (QED) is 0.776. The minimum absolute atomic E-state index is 0.0150. The van der Waals surface area contributed by atoms with Crippen LogP contribution in [0.2, 0.25) is 0 Å². The van der Waals surface area contributed by atoms with E-state index in [1.807, 2.05) is 65.6 Å². The van der Waals surface area contributed by atoms with Gasteiger partial charge in [0.05, 0.1) is 5.60 Å². The number of hydrogen-bond acceptors (Lipinski definition) is 4. The molecule has 1 atom stereocenters. The Morgan fingerprint density at radius 1 is 1.03 bits per heavy atom. The summed E-state index contributed by atoms with van der Waals surface area (Å²) < 4.78 is 11.8. The number of carbonyl (C=O) groups excluding carboxylic acids is 2. The highest BCUT2D eigenvalue weighted by Gasteiger charge is 2.41. The van der Waals surface area contributed by atoms with Gasteiger partial charge in [-0.2, -0.15) is 0 Å². The summed E-state index contributed by atoms with van der Waals surface area (Å²) in [5, 5.41) is 3.07. The van der Waals surface area contributed by atoms with E-state index in [0.29, 0.717) is 43.5 Å². The summed E-state index contributed by atoms with van der Waals surface area (Å²) in [5.41, 5.74) is 0.506. The fraction of sp³-hybridized carbons (Fsp3) is 0.440. The number of para-hydroxylation sites is 1. The zero-order chi connectivity index (χ0) is 21.5. The first-order valence-corrected chi connectivity index (χ1v) is 11.1. The zero-order valence-corrected chi connectivity index (χ0v) is 17.8. The molecule has 0 radical (unpaired) electrons. The van der Waals surface area contributed by atoms with Gasteiger partial charge in [0.2, 0.25) is 0 Å². The molecule has 1 spiro atoms. The van der Waals surface area contributed by atoms with Crippen LogP contribution in [0, 0.1) is 5.92 Å². The van der Waals surface area contributed by atoms with E-state index in [1.54, 1.807) is 0 Å². The Morgan fingerprint density at radius 2 is 1.71 bits per heavy atom. The molecule has 31 heavy (non-hydrogen) atoms. The van der Waals surface area contributed by atoms with Crippen LogP contribution in [-0.2, 0) is 9.53 Å². The van der Waals surface area contributed by atoms with E-state index >= 15 is 0 Å². The van der Waals surface area contributed by atoms with Crippen molar-refractivity contribution in [3.63, 3.8) is 0 Å². The lowest BCUT2D eigenvalue weighted by atomic mass is 9.79. The van der Waals surface area contributed by atoms with Crippen molar-refractivity contribution in [2.24, 2.45) is 5.92 Å². The highest BCUT2D eigenvalue weighted by molar-refractivity contribution is 5.94. The number of nitrogens with one attached hydrogen (secondary N) is 1. The molecule has 6 nitrogen and oxygen atoms in total. The minimum atomic E-state index is -0.183. The molecule has 0 bridgehead atoms. The number of likely N-dealkylation sites (tertiary alicyclic amines) is 1. The summed E-state index contributed by atoms with van der Waals surface area (Å²) >= 11 is 0. The summed E-state index contributed by atoms with van der Waals surface area (Å²) in [6.07, 6.45) is 3.52. The van der Waals surface area contributed by atoms with Gasteiger partial charge in [-0.15, -0.1) is 0 Å². The van der Waals surface area contributed by atoms with E-state index in [9.17, 15) is 9.59 Å². The van der Waals surface area contributed by atoms with Crippen LogP contribution in [0.5, 0.6) is 5.75 Å². The molecule has 2 aliphatic heterocycles. The summed E-state index contributed by atoms with van der Waals surface area (Å²) in [5.74, 6) is 1.09. The average molecular weight is 423 g/mol. The number of amides is 2. The van der Waals surface area contributed by atoms with Crippen LogP contribution < -0.4 is 10.1 Å². The summed E-state index contributed by atoms with van der Waals surface area (Å²) in [7, 11) is 0. The lowest BCUT2D eigenvalue weighted by Crippen LogP contribution is -2.52. The second kappa shape index (κ2) is 9.96. The monoisotopic (exact) mass is 422 g/mol. The maximum absolute atomic E-state index is 12.5. The standard InChI is InChI=1S/C25H30N2O4/c28-23(19-30-22-9-5-2-6-10-22)27-14-12-25(13-15-27)17-20(11-16-31-25)18-26-24(29)21-7-3-1-4-8-21/h1-10,20H,11-19H2,(H,26,29). The molecule has 2 aromatic rings. The van der Waals surface area contributed by atoms with E-state index in [1.165, 1.54) is 0 Å². The lowest BCUT2D eigenvalue weighted by Gasteiger charge is -2.46. The molecule has 1 unspecified atom stereocenters. The van der Waals surface area contributed by atoms with Gasteiger partial charge in [0.25, 0.3) is 11.8 Å². The van der Waals surface area contributed by atoms with Crippen molar-refractivity contribution < 1.29 is 19.1 Å². The van der Waals surface area contributed by atoms with Gasteiger partial charge in [0, 0.05) is 31.8 Å². The molecule has 1 N–H and O–H groups in total. The van der Waals surface area contributed by atoms with Crippen LogP contribution in [0.3, 0.4) is 0 Å². The number of rotatable bonds is 6. The Morgan fingerprint density at radius 3 is 2.42 bits per heavy atom. The van der Waals surface area contributed by atoms with Crippen molar-refractivity contribution >= 4 is 11.8 Å². The summed E-state index contributed by atoms with van der Waals surface area (Å²) in [6.45, 7) is 2.79. The van der Waals surface area contributed by atoms with Gasteiger partial charge in [-0.3, -0.25) is 9.59 Å². The molecule has 4 rings (SSSR count). The molecular weight excluding hydrogens is 392 g/mol. The van der Waals surface area contributed by atoms with Crippen LogP contribution in [-0.4, -0.2) is 55.2 Å². The Hall–Kier alpha value is -2.86. The number of nitrogens with zero attached hydrogens (tertiary/aromatic N) is 1. The van der Waals surface area contributed by atoms with Gasteiger partial charge in [0.1, 0.15) is 5.75 Å². The number of benzene rings is 2. The average Bonchev–Trinajstić information content (AvgIpc) is 2.83. The molecule has 0 aliphatic carbocycles. The van der Waals surface area contributed by atoms with Gasteiger partial charge in [-0.25, -0.2) is 0 Å². The minimum Gasteiger partial charge on any atom is -0.484 e. The number of carbonyl (C=O) groups is 2. The van der Waals surface area contributed by atoms with E-state index in [4.69, 9.17) is 9.47 Å². The third-order valence-electron chi connectivity index (χ3n) is 6.32. The summed E-state index contributed by atoms with van der Waals surface area (Å²) in [6, 6.07) is 18.7. The molecule has 0 saturated carbocycles. The second-order valence-corrected chi connectivity index (χ2v) is 8.45. The first-order chi connectivity index (χ1) is 15.1. The lowest BCUT2D eigenvalue weighted by molar-refractivity contribution is -0.148. The van der Waals surface area contributed by atoms with E-state index < -0.39 is 0 Å². The molecule has 164 valence electrons. The van der Waals surface area contributed by atoms with Crippen molar-refractivity contribution in [3.05, 3.63) is 66.2 Å². The SMILES string of the molecule is O=C(NCC1CCOC2(CCN(C(=O)COc3ccccc3)CC2)C1)c1ccccc1. The van der Waals surface area contributed by atoms with Crippen molar-refractivity contribution in [2.75, 3.05) is 32.8 Å². The van der Waals surface area contributed by atoms with Crippen LogP contribution in [0.25, 0.3) is 0 Å². The fourth-order valence-corrected chi connectivity index (χ4v) is 4.50. The molecule has 2 aliphatic rings. The molecule has 6 heteroatoms. The third-order valence-corrected chi connectivity index (χ3v) is 6.32. The first kappa shape index (κ1) is 21.4. The first-order valence-electron chi connectivity index (χ1n) is 11.1. The highest BCUT2D eigenvalue weighted by atomic mass is 16.5. The van der Waals surface area contributed by atoms with Gasteiger partial charge < -0.3 is 19.7 Å². The predicted molar refractivity (Wildman–Crippen MR) is 118 cm³/mol. The van der Waals surface area contributed by atoms with E-state index in [0.717, 1.165) is 25.7 Å². The molecule has 2 heterocycles. The predicted octanol–water partition coefficient (Wildman–Crippen LogP) is 3.28. The molecule has 2 fully saturated rings. The van der Waals surface area contributed by atoms with Gasteiger partial charge in [0.15, 0.2) is 6.61 Å². The largest absolute Gasteiger partial charge is 0.484 e. The zero-order valence-electron chi connectivity index (χ0n) is 17.8. The Kier molecular flexibility index (Phi) is 6.87. The van der Waals surface area contributed by atoms with E-state index in [-0.39, 0.29) is 24.0 Å². The topological polar surface area (TPSA) is 67.9 Å². The van der Waals surface area contributed by atoms with Crippen molar-refractivity contribution in [2.45, 2.75) is 31.3 Å². The van der Waals surface area contributed by atoms with Crippen LogP contribution >= 0.6 is 0 Å². The fourth-order valence-electron chi connectivity index (χ4n) is 4.50. The van der Waals surface area contributed by atoms with Gasteiger partial charge >= 0.3 is 0 Å². The Balaban J connectivity index is 1.23. The molecule has 2 aromatic carbocycles. The molecule has 0 aromatic heterocycles. The molecule has 2 saturated heterocycles. The van der Waals surface area contributed by atoms with Gasteiger partial charge in [-0.1, -0.05) is 36.4 Å². The molecular formula is C25H30N2O4. The normalized spacial score (nSPS) is 20.3. The number of hydrogen-bond donors (Lipinski definition) is 1. The van der Waals surface area contributed by atoms with Gasteiger partial charge in [-0.05, 0) is 55.9 Å². The Bertz CT molecular complexity index is 864. The smallest absolute Gasteiger partial charge is 0.260 e. The number of piperidine rings is 1. The van der Waals surface area contributed by atoms with Crippen LogP contribution in [0.4, 0.5) is 0 Å². The van der Waals surface area contributed by atoms with Crippen molar-refractivity contribution in [1.29, 1.82) is 0 Å². The molecule has 2 amide bonds. The van der Waals surface area contributed by atoms with Crippen LogP contribution in [0.1, 0.15) is 36.0 Å². The number of ether oxygens (including phenoxy) is 2. The summed E-state index contributed by atoms with van der Waals surface area (Å²) in [4.78, 5) is 26.7. The third kappa shape index (κ3) is 5.64.